The quantitative estimate of drug-likeness (QED) is 0.840. The number of amides is 1. The maximum absolute atomic E-state index is 11.3. The second kappa shape index (κ2) is 6.25. The van der Waals surface area contributed by atoms with Crippen molar-refractivity contribution >= 4 is 5.91 Å². The van der Waals surface area contributed by atoms with E-state index >= 15 is 0 Å². The standard InChI is InChI=1S/C9H15N3O2.C2H6/c1-5-10-6(13)7-11-8(12-14-7)9(2,3)4;1-2/h5H2,1-4H3,(H,10,13);1-2H3. The maximum atomic E-state index is 11.3. The molecule has 0 spiro atoms. The van der Waals surface area contributed by atoms with Gasteiger partial charge in [-0.2, -0.15) is 4.98 Å². The normalized spacial score (nSPS) is 10.4. The fourth-order valence-electron chi connectivity index (χ4n) is 0.857. The molecule has 1 rings (SSSR count). The van der Waals surface area contributed by atoms with Crippen molar-refractivity contribution in [1.82, 2.24) is 15.5 Å². The van der Waals surface area contributed by atoms with Crippen molar-refractivity contribution in [3.05, 3.63) is 11.7 Å². The first-order valence-electron chi connectivity index (χ1n) is 5.57. The zero-order valence-electron chi connectivity index (χ0n) is 10.9. The van der Waals surface area contributed by atoms with Gasteiger partial charge in [-0.05, 0) is 6.92 Å². The van der Waals surface area contributed by atoms with Gasteiger partial charge in [0.2, 0.25) is 0 Å². The number of hydrogen-bond acceptors (Lipinski definition) is 4. The van der Waals surface area contributed by atoms with Crippen LogP contribution in [0.1, 0.15) is 58.1 Å². The lowest BCUT2D eigenvalue weighted by Crippen LogP contribution is -2.23. The van der Waals surface area contributed by atoms with Gasteiger partial charge in [-0.1, -0.05) is 39.8 Å². The molecular formula is C11H21N3O2. The second-order valence-corrected chi connectivity index (χ2v) is 4.03. The van der Waals surface area contributed by atoms with Gasteiger partial charge in [0, 0.05) is 12.0 Å². The first-order chi connectivity index (χ1) is 7.45. The third kappa shape index (κ3) is 4.00. The fourth-order valence-corrected chi connectivity index (χ4v) is 0.857. The van der Waals surface area contributed by atoms with Gasteiger partial charge in [0.15, 0.2) is 5.82 Å². The molecule has 0 atom stereocenters. The van der Waals surface area contributed by atoms with Crippen molar-refractivity contribution in [2.24, 2.45) is 0 Å². The number of hydrogen-bond donors (Lipinski definition) is 1. The van der Waals surface area contributed by atoms with E-state index in [1.807, 2.05) is 41.5 Å². The first-order valence-corrected chi connectivity index (χ1v) is 5.57. The highest BCUT2D eigenvalue weighted by molar-refractivity contribution is 5.89. The smallest absolute Gasteiger partial charge is 0.315 e. The van der Waals surface area contributed by atoms with Crippen LogP contribution in [0.5, 0.6) is 0 Å². The molecule has 1 aromatic heterocycles. The number of carbonyl (C=O) groups is 1. The van der Waals surface area contributed by atoms with E-state index in [9.17, 15) is 4.79 Å². The maximum Gasteiger partial charge on any atom is 0.315 e. The Bertz CT molecular complexity index is 326. The van der Waals surface area contributed by atoms with Crippen LogP contribution in [-0.4, -0.2) is 22.6 Å². The van der Waals surface area contributed by atoms with Crippen LogP contribution in [0.2, 0.25) is 0 Å². The van der Waals surface area contributed by atoms with Gasteiger partial charge in [-0.3, -0.25) is 4.79 Å². The molecule has 0 bridgehead atoms. The van der Waals surface area contributed by atoms with E-state index in [1.54, 1.807) is 0 Å². The Hall–Kier alpha value is -1.39. The lowest BCUT2D eigenvalue weighted by molar-refractivity contribution is 0.0912. The second-order valence-electron chi connectivity index (χ2n) is 4.03. The van der Waals surface area contributed by atoms with E-state index in [1.165, 1.54) is 0 Å². The summed E-state index contributed by atoms with van der Waals surface area (Å²) in [6.07, 6.45) is 0. The molecule has 1 amide bonds. The Labute approximate surface area is 96.6 Å². The molecule has 1 heterocycles. The Morgan fingerprint density at radius 3 is 2.31 bits per heavy atom. The average Bonchev–Trinajstić information content (AvgIpc) is 2.69. The van der Waals surface area contributed by atoms with Crippen LogP contribution in [0, 0.1) is 0 Å². The van der Waals surface area contributed by atoms with E-state index in [4.69, 9.17) is 4.52 Å². The third-order valence-electron chi connectivity index (χ3n) is 1.63. The summed E-state index contributed by atoms with van der Waals surface area (Å²) < 4.78 is 4.83. The van der Waals surface area contributed by atoms with Gasteiger partial charge in [-0.15, -0.1) is 0 Å². The molecule has 1 N–H and O–H groups in total. The van der Waals surface area contributed by atoms with E-state index < -0.39 is 0 Å². The predicted molar refractivity (Wildman–Crippen MR) is 62.4 cm³/mol. The molecule has 0 aliphatic carbocycles. The van der Waals surface area contributed by atoms with Gasteiger partial charge in [0.1, 0.15) is 0 Å². The molecule has 5 nitrogen and oxygen atoms in total. The molecule has 0 fully saturated rings. The highest BCUT2D eigenvalue weighted by Crippen LogP contribution is 2.18. The Balaban J connectivity index is 0.00000106. The summed E-state index contributed by atoms with van der Waals surface area (Å²) in [7, 11) is 0. The van der Waals surface area contributed by atoms with Gasteiger partial charge < -0.3 is 9.84 Å². The van der Waals surface area contributed by atoms with Crippen molar-refractivity contribution in [3.63, 3.8) is 0 Å². The fraction of sp³-hybridized carbons (Fsp3) is 0.727. The monoisotopic (exact) mass is 227 g/mol. The molecule has 0 aliphatic heterocycles. The summed E-state index contributed by atoms with van der Waals surface area (Å²) in [5.41, 5.74) is -0.200. The van der Waals surface area contributed by atoms with Gasteiger partial charge in [0.25, 0.3) is 0 Å². The van der Waals surface area contributed by atoms with Crippen LogP contribution in [-0.2, 0) is 5.41 Å². The minimum absolute atomic E-state index is 0.0248. The molecule has 0 saturated carbocycles. The van der Waals surface area contributed by atoms with Crippen molar-refractivity contribution in [3.8, 4) is 0 Å². The molecule has 0 unspecified atom stereocenters. The van der Waals surface area contributed by atoms with Crippen molar-refractivity contribution in [2.75, 3.05) is 6.54 Å². The molecule has 0 aromatic carbocycles. The lowest BCUT2D eigenvalue weighted by Gasteiger charge is -2.10. The summed E-state index contributed by atoms with van der Waals surface area (Å²) >= 11 is 0. The van der Waals surface area contributed by atoms with Crippen molar-refractivity contribution in [2.45, 2.75) is 47.0 Å². The highest BCUT2D eigenvalue weighted by atomic mass is 16.5. The molecule has 92 valence electrons. The van der Waals surface area contributed by atoms with Crippen LogP contribution < -0.4 is 5.32 Å². The molecule has 0 radical (unpaired) electrons. The van der Waals surface area contributed by atoms with Crippen molar-refractivity contribution < 1.29 is 9.32 Å². The van der Waals surface area contributed by atoms with E-state index in [-0.39, 0.29) is 17.2 Å². The summed E-state index contributed by atoms with van der Waals surface area (Å²) in [4.78, 5) is 15.3. The molecule has 16 heavy (non-hydrogen) atoms. The highest BCUT2D eigenvalue weighted by Gasteiger charge is 2.23. The lowest BCUT2D eigenvalue weighted by atomic mass is 9.96. The van der Waals surface area contributed by atoms with Crippen LogP contribution >= 0.6 is 0 Å². The number of nitrogens with zero attached hydrogens (tertiary/aromatic N) is 2. The SMILES string of the molecule is CC.CCNC(=O)c1nc(C(C)(C)C)no1. The first kappa shape index (κ1) is 14.6. The number of aromatic nitrogens is 2. The summed E-state index contributed by atoms with van der Waals surface area (Å²) in [6, 6.07) is 0. The zero-order chi connectivity index (χ0) is 12.8. The number of nitrogens with one attached hydrogen (secondary N) is 1. The molecule has 1 aromatic rings. The largest absolute Gasteiger partial charge is 0.348 e. The predicted octanol–water partition coefficient (Wildman–Crippen LogP) is 2.14. The van der Waals surface area contributed by atoms with Gasteiger partial charge in [0.05, 0.1) is 0 Å². The summed E-state index contributed by atoms with van der Waals surface area (Å²) in [5, 5.41) is 6.34. The van der Waals surface area contributed by atoms with Gasteiger partial charge in [-0.25, -0.2) is 0 Å². The minimum atomic E-state index is -0.324. The summed E-state index contributed by atoms with van der Waals surface area (Å²) in [5.74, 6) is 0.242. The zero-order valence-corrected chi connectivity index (χ0v) is 10.9. The third-order valence-corrected chi connectivity index (χ3v) is 1.63. The number of rotatable bonds is 2. The van der Waals surface area contributed by atoms with E-state index in [2.05, 4.69) is 15.5 Å². The van der Waals surface area contributed by atoms with Crippen LogP contribution in [0.15, 0.2) is 4.52 Å². The Morgan fingerprint density at radius 2 is 1.94 bits per heavy atom. The number of carbonyl (C=O) groups excluding carboxylic acids is 1. The topological polar surface area (TPSA) is 68.0 Å². The molecular weight excluding hydrogens is 206 g/mol. The molecule has 5 heteroatoms. The van der Waals surface area contributed by atoms with Crippen LogP contribution in [0.25, 0.3) is 0 Å². The Morgan fingerprint density at radius 1 is 1.38 bits per heavy atom. The summed E-state index contributed by atoms with van der Waals surface area (Å²) in [6.45, 7) is 12.3. The molecule has 0 saturated heterocycles. The van der Waals surface area contributed by atoms with Crippen LogP contribution in [0.3, 0.4) is 0 Å². The van der Waals surface area contributed by atoms with E-state index in [0.29, 0.717) is 12.4 Å². The average molecular weight is 227 g/mol. The van der Waals surface area contributed by atoms with Crippen molar-refractivity contribution in [1.29, 1.82) is 0 Å². The molecule has 0 aliphatic rings. The van der Waals surface area contributed by atoms with Crippen LogP contribution in [0.4, 0.5) is 0 Å². The van der Waals surface area contributed by atoms with Gasteiger partial charge >= 0.3 is 11.8 Å². The minimum Gasteiger partial charge on any atom is -0.348 e. The Kier molecular flexibility index (Phi) is 5.71. The van der Waals surface area contributed by atoms with E-state index in [0.717, 1.165) is 0 Å².